The third kappa shape index (κ3) is 11.2. The molecule has 0 saturated carbocycles. The molecule has 0 N–H and O–H groups in total. The van der Waals surface area contributed by atoms with Gasteiger partial charge in [-0.25, -0.2) is 0 Å². The van der Waals surface area contributed by atoms with Crippen LogP contribution in [0.4, 0.5) is 0 Å². The van der Waals surface area contributed by atoms with Gasteiger partial charge < -0.3 is 20.6 Å². The number of rotatable bonds is 18. The average molecular weight is 487 g/mol. The van der Waals surface area contributed by atoms with Crippen LogP contribution in [0.1, 0.15) is 55.4 Å². The number of hydrogen-bond donors (Lipinski definition) is 0. The standard InChI is InChI=1S/C16H46O5Si6/c1-9-22-17-23(10-2)18-24(11-3)19-25(12-4)20-26(13-5)21-27(14-6,15-7)16-8/h23-26H,9-16,22H2,1-8H3. The highest BCUT2D eigenvalue weighted by molar-refractivity contribution is 6.80. The van der Waals surface area contributed by atoms with Gasteiger partial charge in [0.2, 0.25) is 0 Å². The summed E-state index contributed by atoms with van der Waals surface area (Å²) in [6, 6.07) is 8.77. The predicted molar refractivity (Wildman–Crippen MR) is 132 cm³/mol. The van der Waals surface area contributed by atoms with Crippen LogP contribution in [0.15, 0.2) is 0 Å². The van der Waals surface area contributed by atoms with E-state index in [9.17, 15) is 0 Å². The Labute approximate surface area is 179 Å². The van der Waals surface area contributed by atoms with Crippen molar-refractivity contribution in [3.63, 3.8) is 0 Å². The van der Waals surface area contributed by atoms with Crippen molar-refractivity contribution in [1.29, 1.82) is 0 Å². The molecule has 0 aromatic carbocycles. The normalized spacial score (nSPS) is 17.3. The lowest BCUT2D eigenvalue weighted by Gasteiger charge is -2.34. The lowest BCUT2D eigenvalue weighted by Crippen LogP contribution is -2.47. The first-order chi connectivity index (χ1) is 13.0. The molecule has 0 fully saturated rings. The van der Waals surface area contributed by atoms with Crippen molar-refractivity contribution >= 4 is 55.2 Å². The molecule has 0 heterocycles. The summed E-state index contributed by atoms with van der Waals surface area (Å²) in [7, 11) is -8.55. The van der Waals surface area contributed by atoms with Crippen LogP contribution in [-0.4, -0.2) is 55.2 Å². The highest BCUT2D eigenvalue weighted by atomic mass is 28.5. The molecule has 0 aliphatic heterocycles. The lowest BCUT2D eigenvalue weighted by molar-refractivity contribution is 0.322. The SMILES string of the molecule is CC[SiH2]O[SiH](CC)O[SiH](CC)O[SiH](CC)O[SiH](CC)O[Si](CC)(CC)CC. The third-order valence-corrected chi connectivity index (χ3v) is 24.8. The van der Waals surface area contributed by atoms with E-state index >= 15 is 0 Å². The Bertz CT molecular complexity index is 343. The maximum Gasteiger partial charge on any atom is 0.303 e. The zero-order chi connectivity index (χ0) is 20.7. The average Bonchev–Trinajstić information content (AvgIpc) is 2.72. The van der Waals surface area contributed by atoms with Gasteiger partial charge in [0, 0.05) is 0 Å². The Morgan fingerprint density at radius 1 is 0.593 bits per heavy atom. The second-order valence-corrected chi connectivity index (χ2v) is 25.1. The van der Waals surface area contributed by atoms with Crippen molar-refractivity contribution in [3.8, 4) is 0 Å². The minimum atomic E-state index is -1.71. The van der Waals surface area contributed by atoms with Gasteiger partial charge >= 0.3 is 37.1 Å². The van der Waals surface area contributed by atoms with E-state index in [-0.39, 0.29) is 0 Å². The summed E-state index contributed by atoms with van der Waals surface area (Å²) >= 11 is 0. The molecule has 0 bridgehead atoms. The summed E-state index contributed by atoms with van der Waals surface area (Å²) < 4.78 is 32.2. The fourth-order valence-corrected chi connectivity index (χ4v) is 24.4. The molecule has 0 rings (SSSR count). The molecule has 0 aliphatic carbocycles. The molecule has 0 radical (unpaired) electrons. The zero-order valence-corrected chi connectivity index (χ0v) is 26.2. The van der Waals surface area contributed by atoms with Crippen molar-refractivity contribution in [2.45, 2.75) is 104 Å². The Balaban J connectivity index is 4.81. The fraction of sp³-hybridized carbons (Fsp3) is 1.00. The fourth-order valence-electron chi connectivity index (χ4n) is 2.95. The van der Waals surface area contributed by atoms with Gasteiger partial charge in [0.05, 0.1) is 0 Å². The number of hydrogen-bond acceptors (Lipinski definition) is 5. The Hall–Kier alpha value is 1.10. The molecular weight excluding hydrogens is 441 g/mol. The molecule has 27 heavy (non-hydrogen) atoms. The van der Waals surface area contributed by atoms with Gasteiger partial charge in [0.25, 0.3) is 0 Å². The Kier molecular flexibility index (Phi) is 17.5. The molecule has 0 aromatic rings. The van der Waals surface area contributed by atoms with Gasteiger partial charge in [-0.1, -0.05) is 55.4 Å². The molecule has 4 unspecified atom stereocenters. The molecule has 0 aliphatic rings. The van der Waals surface area contributed by atoms with Crippen molar-refractivity contribution in [3.05, 3.63) is 0 Å². The van der Waals surface area contributed by atoms with Gasteiger partial charge in [-0.15, -0.1) is 0 Å². The molecule has 0 amide bonds. The van der Waals surface area contributed by atoms with Crippen LogP contribution >= 0.6 is 0 Å². The van der Waals surface area contributed by atoms with Crippen LogP contribution in [0.2, 0.25) is 48.4 Å². The summed E-state index contributed by atoms with van der Waals surface area (Å²) in [6.45, 7) is 17.8. The maximum absolute atomic E-state index is 6.71. The van der Waals surface area contributed by atoms with Crippen molar-refractivity contribution in [1.82, 2.24) is 0 Å². The molecule has 0 spiro atoms. The quantitative estimate of drug-likeness (QED) is 0.277. The van der Waals surface area contributed by atoms with E-state index in [0.29, 0.717) is 0 Å². The van der Waals surface area contributed by atoms with Crippen LogP contribution in [0.3, 0.4) is 0 Å². The first-order valence-electron chi connectivity index (χ1n) is 11.2. The van der Waals surface area contributed by atoms with E-state index in [0.717, 1.165) is 24.2 Å². The third-order valence-electron chi connectivity index (χ3n) is 5.07. The van der Waals surface area contributed by atoms with Gasteiger partial charge in [0.15, 0.2) is 8.32 Å². The smallest absolute Gasteiger partial charge is 0.303 e. The molecule has 11 heteroatoms. The molecule has 164 valence electrons. The molecule has 0 saturated heterocycles. The predicted octanol–water partition coefficient (Wildman–Crippen LogP) is 3.56. The summed E-state index contributed by atoms with van der Waals surface area (Å²) in [6.07, 6.45) is 0. The minimum Gasteiger partial charge on any atom is -0.444 e. The Morgan fingerprint density at radius 2 is 1.00 bits per heavy atom. The van der Waals surface area contributed by atoms with Crippen molar-refractivity contribution < 1.29 is 20.6 Å². The van der Waals surface area contributed by atoms with Gasteiger partial charge in [-0.05, 0) is 48.4 Å². The van der Waals surface area contributed by atoms with Gasteiger partial charge in [-0.2, -0.15) is 0 Å². The maximum atomic E-state index is 6.71. The second kappa shape index (κ2) is 16.9. The van der Waals surface area contributed by atoms with Crippen LogP contribution < -0.4 is 0 Å². The summed E-state index contributed by atoms with van der Waals surface area (Å²) in [5.74, 6) is 0. The highest BCUT2D eigenvalue weighted by Gasteiger charge is 2.34. The Morgan fingerprint density at radius 3 is 1.37 bits per heavy atom. The molecule has 5 nitrogen and oxygen atoms in total. The van der Waals surface area contributed by atoms with E-state index in [4.69, 9.17) is 20.6 Å². The highest BCUT2D eigenvalue weighted by Crippen LogP contribution is 2.24. The van der Waals surface area contributed by atoms with Crippen LogP contribution in [0.25, 0.3) is 0 Å². The molecule has 0 aromatic heterocycles. The van der Waals surface area contributed by atoms with E-state index < -0.39 is 55.2 Å². The van der Waals surface area contributed by atoms with Crippen LogP contribution in [0, 0.1) is 0 Å². The van der Waals surface area contributed by atoms with Crippen LogP contribution in [-0.2, 0) is 20.6 Å². The first-order valence-corrected chi connectivity index (χ1v) is 22.4. The first kappa shape index (κ1) is 28.1. The van der Waals surface area contributed by atoms with E-state index in [1.54, 1.807) is 0 Å². The second-order valence-electron chi connectivity index (χ2n) is 6.99. The van der Waals surface area contributed by atoms with Crippen LogP contribution in [0.5, 0.6) is 0 Å². The monoisotopic (exact) mass is 486 g/mol. The molecular formula is C16H46O5Si6. The van der Waals surface area contributed by atoms with Gasteiger partial charge in [-0.3, -0.25) is 0 Å². The van der Waals surface area contributed by atoms with Gasteiger partial charge in [0.1, 0.15) is 9.76 Å². The van der Waals surface area contributed by atoms with Crippen molar-refractivity contribution in [2.75, 3.05) is 0 Å². The molecule has 4 atom stereocenters. The summed E-state index contributed by atoms with van der Waals surface area (Å²) in [4.78, 5) is 0. The van der Waals surface area contributed by atoms with Crippen molar-refractivity contribution in [2.24, 2.45) is 0 Å². The minimum absolute atomic E-state index is 0.394. The van der Waals surface area contributed by atoms with E-state index in [1.807, 2.05) is 0 Å². The summed E-state index contributed by atoms with van der Waals surface area (Å²) in [5.41, 5.74) is 0. The largest absolute Gasteiger partial charge is 0.444 e. The summed E-state index contributed by atoms with van der Waals surface area (Å²) in [5, 5.41) is 0. The zero-order valence-electron chi connectivity index (χ0n) is 19.2. The van der Waals surface area contributed by atoms with E-state index in [2.05, 4.69) is 55.4 Å². The lowest BCUT2D eigenvalue weighted by atomic mass is 10.9. The topological polar surface area (TPSA) is 46.2 Å². The van der Waals surface area contributed by atoms with E-state index in [1.165, 1.54) is 24.2 Å².